The molecule has 1 aromatic heterocycles. The summed E-state index contributed by atoms with van der Waals surface area (Å²) in [6.45, 7) is 6.52. The number of aromatic nitrogens is 1. The van der Waals surface area contributed by atoms with E-state index < -0.39 is 10.0 Å². The first-order chi connectivity index (χ1) is 12.4. The van der Waals surface area contributed by atoms with Crippen LogP contribution in [0.5, 0.6) is 0 Å². The monoisotopic (exact) mass is 371 g/mol. The largest absolute Gasteiger partial charge is 0.371 e. The topological polar surface area (TPSA) is 53.5 Å². The molecule has 1 aromatic carbocycles. The number of nitrogens with zero attached hydrogens (tertiary/aromatic N) is 3. The number of sulfonamides is 1. The Hall–Kier alpha value is -1.92. The van der Waals surface area contributed by atoms with Gasteiger partial charge in [-0.3, -0.25) is 4.98 Å². The molecule has 0 radical (unpaired) electrons. The van der Waals surface area contributed by atoms with E-state index in [4.69, 9.17) is 0 Å². The fourth-order valence-electron chi connectivity index (χ4n) is 4.58. The zero-order chi connectivity index (χ0) is 18.5. The number of rotatable bonds is 3. The number of hydrogen-bond acceptors (Lipinski definition) is 4. The lowest BCUT2D eigenvalue weighted by molar-refractivity contribution is 0.352. The first kappa shape index (κ1) is 17.5. The van der Waals surface area contributed by atoms with Crippen molar-refractivity contribution in [2.45, 2.75) is 19.9 Å². The minimum Gasteiger partial charge on any atom is -0.371 e. The summed E-state index contributed by atoms with van der Waals surface area (Å²) in [5, 5.41) is 0. The summed E-state index contributed by atoms with van der Waals surface area (Å²) >= 11 is 0. The Bertz CT molecular complexity index is 914. The van der Waals surface area contributed by atoms with Gasteiger partial charge < -0.3 is 4.90 Å². The molecule has 3 atom stereocenters. The van der Waals surface area contributed by atoms with Crippen LogP contribution in [-0.2, 0) is 10.0 Å². The summed E-state index contributed by atoms with van der Waals surface area (Å²) in [7, 11) is -3.23. The van der Waals surface area contributed by atoms with Gasteiger partial charge in [0.15, 0.2) is 0 Å². The minimum atomic E-state index is -3.23. The summed E-state index contributed by atoms with van der Waals surface area (Å²) < 4.78 is 26.5. The Balaban J connectivity index is 1.68. The van der Waals surface area contributed by atoms with Crippen LogP contribution >= 0.6 is 0 Å². The SMILES string of the molecule is Cc1nccc(N2C[C@@H]3CN(S(C)(=O)=O)[C@@H](c4ccccc4)[C@@H]3C2)c1C. The molecule has 4 rings (SSSR count). The third-order valence-corrected chi connectivity index (χ3v) is 7.19. The predicted molar refractivity (Wildman–Crippen MR) is 104 cm³/mol. The van der Waals surface area contributed by atoms with E-state index >= 15 is 0 Å². The van der Waals surface area contributed by atoms with Gasteiger partial charge in [-0.05, 0) is 37.0 Å². The lowest BCUT2D eigenvalue weighted by atomic mass is 9.90. The second-order valence-corrected chi connectivity index (χ2v) is 9.49. The molecule has 0 spiro atoms. The van der Waals surface area contributed by atoms with E-state index in [-0.39, 0.29) is 6.04 Å². The maximum Gasteiger partial charge on any atom is 0.211 e. The highest BCUT2D eigenvalue weighted by Gasteiger charge is 2.50. The highest BCUT2D eigenvalue weighted by atomic mass is 32.2. The molecule has 3 heterocycles. The van der Waals surface area contributed by atoms with Gasteiger partial charge in [-0.1, -0.05) is 30.3 Å². The smallest absolute Gasteiger partial charge is 0.211 e. The van der Waals surface area contributed by atoms with E-state index in [0.29, 0.717) is 18.4 Å². The number of aryl methyl sites for hydroxylation is 1. The number of benzene rings is 1. The average molecular weight is 372 g/mol. The van der Waals surface area contributed by atoms with Gasteiger partial charge in [-0.25, -0.2) is 8.42 Å². The van der Waals surface area contributed by atoms with Crippen molar-refractivity contribution in [1.82, 2.24) is 9.29 Å². The van der Waals surface area contributed by atoms with Gasteiger partial charge in [0.25, 0.3) is 0 Å². The molecular formula is C20H25N3O2S. The third kappa shape index (κ3) is 2.91. The van der Waals surface area contributed by atoms with Gasteiger partial charge in [0.2, 0.25) is 10.0 Å². The van der Waals surface area contributed by atoms with Crippen LogP contribution in [0.3, 0.4) is 0 Å². The highest BCUT2D eigenvalue weighted by Crippen LogP contribution is 2.47. The van der Waals surface area contributed by atoms with Crippen molar-refractivity contribution in [3.8, 4) is 0 Å². The van der Waals surface area contributed by atoms with E-state index in [1.807, 2.05) is 31.3 Å². The average Bonchev–Trinajstić information content (AvgIpc) is 3.15. The standard InChI is InChI=1S/C20H25N3O2S/c1-14-15(2)21-10-9-19(14)22-11-17-12-23(26(3,24)25)20(18(17)13-22)16-7-5-4-6-8-16/h4-10,17-18,20H,11-13H2,1-3H3/t17-,18-,20+/m1/s1. The molecule has 2 aliphatic heterocycles. The van der Waals surface area contributed by atoms with Gasteiger partial charge in [0.1, 0.15) is 0 Å². The number of anilines is 1. The highest BCUT2D eigenvalue weighted by molar-refractivity contribution is 7.88. The molecule has 0 saturated carbocycles. The Morgan fingerprint density at radius 2 is 1.77 bits per heavy atom. The molecule has 26 heavy (non-hydrogen) atoms. The Morgan fingerprint density at radius 3 is 2.46 bits per heavy atom. The van der Waals surface area contributed by atoms with Crippen LogP contribution < -0.4 is 4.90 Å². The maximum atomic E-state index is 12.4. The maximum absolute atomic E-state index is 12.4. The van der Waals surface area contributed by atoms with E-state index in [1.165, 1.54) is 17.5 Å². The summed E-state index contributed by atoms with van der Waals surface area (Å²) in [4.78, 5) is 6.79. The number of fused-ring (bicyclic) bond motifs is 1. The van der Waals surface area contributed by atoms with Crippen molar-refractivity contribution < 1.29 is 8.42 Å². The van der Waals surface area contributed by atoms with Crippen LogP contribution in [0.4, 0.5) is 5.69 Å². The minimum absolute atomic E-state index is 0.0792. The van der Waals surface area contributed by atoms with E-state index in [2.05, 4.69) is 35.0 Å². The van der Waals surface area contributed by atoms with Crippen LogP contribution in [0, 0.1) is 25.7 Å². The van der Waals surface area contributed by atoms with Gasteiger partial charge in [-0.15, -0.1) is 0 Å². The van der Waals surface area contributed by atoms with Crippen molar-refractivity contribution >= 4 is 15.7 Å². The van der Waals surface area contributed by atoms with Crippen molar-refractivity contribution in [3.05, 3.63) is 59.4 Å². The molecular weight excluding hydrogens is 346 g/mol. The van der Waals surface area contributed by atoms with Crippen molar-refractivity contribution in [2.75, 3.05) is 30.8 Å². The molecule has 0 unspecified atom stereocenters. The zero-order valence-corrected chi connectivity index (χ0v) is 16.3. The predicted octanol–water partition coefficient (Wildman–Crippen LogP) is 2.77. The lowest BCUT2D eigenvalue weighted by Crippen LogP contribution is -2.35. The number of pyridine rings is 1. The second-order valence-electron chi connectivity index (χ2n) is 7.56. The Kier molecular flexibility index (Phi) is 4.28. The first-order valence-electron chi connectivity index (χ1n) is 9.05. The zero-order valence-electron chi connectivity index (χ0n) is 15.5. The van der Waals surface area contributed by atoms with Crippen molar-refractivity contribution in [2.24, 2.45) is 11.8 Å². The van der Waals surface area contributed by atoms with Crippen LogP contribution in [0.25, 0.3) is 0 Å². The van der Waals surface area contributed by atoms with Gasteiger partial charge >= 0.3 is 0 Å². The Morgan fingerprint density at radius 1 is 1.04 bits per heavy atom. The van der Waals surface area contributed by atoms with Crippen LogP contribution in [0.2, 0.25) is 0 Å². The van der Waals surface area contributed by atoms with Crippen LogP contribution in [-0.4, -0.2) is 43.6 Å². The summed E-state index contributed by atoms with van der Waals surface area (Å²) in [6.07, 6.45) is 3.20. The van der Waals surface area contributed by atoms with E-state index in [9.17, 15) is 8.42 Å². The Labute approximate surface area is 155 Å². The fraction of sp³-hybridized carbons (Fsp3) is 0.450. The molecule has 138 valence electrons. The first-order valence-corrected chi connectivity index (χ1v) is 10.9. The number of hydrogen-bond donors (Lipinski definition) is 0. The molecule has 6 heteroatoms. The van der Waals surface area contributed by atoms with E-state index in [0.717, 1.165) is 24.3 Å². The molecule has 2 aliphatic rings. The molecule has 0 amide bonds. The molecule has 0 bridgehead atoms. The van der Waals surface area contributed by atoms with E-state index in [1.54, 1.807) is 4.31 Å². The van der Waals surface area contributed by atoms with Crippen LogP contribution in [0.1, 0.15) is 22.9 Å². The quantitative estimate of drug-likeness (QED) is 0.833. The van der Waals surface area contributed by atoms with Gasteiger partial charge in [0.05, 0.1) is 12.3 Å². The third-order valence-electron chi connectivity index (χ3n) is 5.96. The summed E-state index contributed by atoms with van der Waals surface area (Å²) in [5.41, 5.74) is 4.58. The fourth-order valence-corrected chi connectivity index (χ4v) is 5.73. The molecule has 0 N–H and O–H groups in total. The normalized spacial score (nSPS) is 26.3. The second kappa shape index (κ2) is 6.35. The van der Waals surface area contributed by atoms with Crippen molar-refractivity contribution in [1.29, 1.82) is 0 Å². The van der Waals surface area contributed by atoms with Gasteiger partial charge in [-0.2, -0.15) is 4.31 Å². The summed E-state index contributed by atoms with van der Waals surface area (Å²) in [6, 6.07) is 12.1. The molecule has 0 aliphatic carbocycles. The molecule has 2 fully saturated rings. The molecule has 2 aromatic rings. The molecule has 5 nitrogen and oxygen atoms in total. The van der Waals surface area contributed by atoms with Crippen LogP contribution in [0.15, 0.2) is 42.6 Å². The van der Waals surface area contributed by atoms with Crippen molar-refractivity contribution in [3.63, 3.8) is 0 Å². The van der Waals surface area contributed by atoms with Gasteiger partial charge in [0, 0.05) is 43.1 Å². The summed E-state index contributed by atoms with van der Waals surface area (Å²) in [5.74, 6) is 0.655. The lowest BCUT2D eigenvalue weighted by Gasteiger charge is -2.29. The molecule has 2 saturated heterocycles.